The van der Waals surface area contributed by atoms with E-state index in [0.717, 1.165) is 36.2 Å². The van der Waals surface area contributed by atoms with Crippen molar-refractivity contribution in [1.29, 1.82) is 0 Å². The Morgan fingerprint density at radius 2 is 1.62 bits per heavy atom. The quantitative estimate of drug-likeness (QED) is 0.307. The van der Waals surface area contributed by atoms with Crippen molar-refractivity contribution in [2.75, 3.05) is 0 Å². The van der Waals surface area contributed by atoms with E-state index in [1.165, 1.54) is 49.8 Å². The maximum atomic E-state index is 15.2. The van der Waals surface area contributed by atoms with E-state index in [1.807, 2.05) is 12.1 Å². The third-order valence-electron chi connectivity index (χ3n) is 7.68. The second-order valence-electron chi connectivity index (χ2n) is 10.2. The van der Waals surface area contributed by atoms with Gasteiger partial charge in [-0.15, -0.1) is 17.7 Å². The van der Waals surface area contributed by atoms with Crippen molar-refractivity contribution in [2.24, 2.45) is 17.8 Å². The minimum atomic E-state index is -3.46. The molecule has 0 aromatic heterocycles. The molecule has 1 atom stereocenters. The molecular weight excluding hydrogens is 577 g/mol. The minimum Gasteiger partial charge on any atom is -0.493 e. The van der Waals surface area contributed by atoms with Crippen LogP contribution in [0.3, 0.4) is 0 Å². The first-order valence-corrected chi connectivity index (χ1v) is 12.6. The van der Waals surface area contributed by atoms with E-state index >= 15 is 8.78 Å². The van der Waals surface area contributed by atoms with Crippen LogP contribution in [0, 0.1) is 80.2 Å². The van der Waals surface area contributed by atoms with Crippen LogP contribution in [0.25, 0.3) is 5.57 Å². The Kier molecular flexibility index (Phi) is 9.51. The number of hydrogen-bond acceptors (Lipinski definition) is 1. The predicted molar refractivity (Wildman–Crippen MR) is 132 cm³/mol. The van der Waals surface area contributed by atoms with Crippen LogP contribution in [0.5, 0.6) is 5.75 Å². The average Bonchev–Trinajstić information content (AvgIpc) is 2.76. The topological polar surface area (TPSA) is 9.23 Å². The van der Waals surface area contributed by atoms with Crippen LogP contribution >= 0.6 is 11.6 Å². The molecule has 0 heterocycles. The van der Waals surface area contributed by atoms with Crippen LogP contribution in [0.15, 0.2) is 30.3 Å². The molecule has 181 valence electrons. The maximum absolute atomic E-state index is 15.2. The fourth-order valence-electron chi connectivity index (χ4n) is 5.69. The summed E-state index contributed by atoms with van der Waals surface area (Å²) in [4.78, 5) is 0. The standard InChI is InChI=1S/C29H34ClF2O.La/c1-18-5-8-22(9-6-18)23-10-12-24(13-11-23)25-15-20(3)28(21(4)16-25)29(31,32)33-26-14-7-19(2)27(30)17-26;/h12,14-18,22-23H,5-6,8-11,13H2,1-4H3;/q-1;. The van der Waals surface area contributed by atoms with Crippen molar-refractivity contribution < 1.29 is 49.1 Å². The van der Waals surface area contributed by atoms with Crippen molar-refractivity contribution in [2.45, 2.75) is 78.7 Å². The van der Waals surface area contributed by atoms with Crippen LogP contribution < -0.4 is 4.74 Å². The number of hydrogen-bond donors (Lipinski definition) is 0. The second-order valence-corrected chi connectivity index (χ2v) is 10.6. The Bertz CT molecular complexity index is 1020. The summed E-state index contributed by atoms with van der Waals surface area (Å²) >= 11 is 6.06. The summed E-state index contributed by atoms with van der Waals surface area (Å²) in [6, 6.07) is 9.46. The van der Waals surface area contributed by atoms with Crippen LogP contribution in [0.2, 0.25) is 5.02 Å². The van der Waals surface area contributed by atoms with Crippen molar-refractivity contribution in [3.63, 3.8) is 0 Å². The van der Waals surface area contributed by atoms with Crippen molar-refractivity contribution >= 4 is 17.2 Å². The van der Waals surface area contributed by atoms with Gasteiger partial charge in [-0.05, 0) is 86.0 Å². The zero-order chi connectivity index (χ0) is 23.8. The van der Waals surface area contributed by atoms with Crippen molar-refractivity contribution in [3.8, 4) is 5.75 Å². The first-order valence-electron chi connectivity index (χ1n) is 12.2. The third kappa shape index (κ3) is 6.36. The molecule has 0 spiro atoms. The van der Waals surface area contributed by atoms with E-state index in [0.29, 0.717) is 21.7 Å². The molecule has 4 rings (SSSR count). The molecule has 2 aromatic carbocycles. The van der Waals surface area contributed by atoms with Gasteiger partial charge in [0.15, 0.2) is 0 Å². The molecule has 34 heavy (non-hydrogen) atoms. The second kappa shape index (κ2) is 11.6. The molecule has 1 nitrogen and oxygen atoms in total. The number of ether oxygens (including phenoxy) is 1. The molecule has 0 N–H and O–H groups in total. The molecule has 0 bridgehead atoms. The molecule has 0 aliphatic heterocycles. The van der Waals surface area contributed by atoms with Gasteiger partial charge in [0.05, 0.1) is 5.56 Å². The Hall–Kier alpha value is -0.675. The van der Waals surface area contributed by atoms with E-state index < -0.39 is 6.11 Å². The Balaban J connectivity index is 0.00000324. The van der Waals surface area contributed by atoms with E-state index in [-0.39, 0.29) is 46.9 Å². The van der Waals surface area contributed by atoms with Gasteiger partial charge in [0, 0.05) is 41.3 Å². The van der Waals surface area contributed by atoms with Crippen LogP contribution in [0.1, 0.15) is 79.7 Å². The van der Waals surface area contributed by atoms with Crippen LogP contribution in [-0.2, 0) is 6.11 Å². The molecule has 1 unspecified atom stereocenters. The van der Waals surface area contributed by atoms with Gasteiger partial charge >= 0.3 is 6.11 Å². The number of halogens is 3. The summed E-state index contributed by atoms with van der Waals surface area (Å²) in [7, 11) is 0. The number of rotatable bonds is 5. The molecule has 2 aliphatic rings. The van der Waals surface area contributed by atoms with Gasteiger partial charge in [0.1, 0.15) is 0 Å². The van der Waals surface area contributed by atoms with Gasteiger partial charge in [-0.2, -0.15) is 26.4 Å². The van der Waals surface area contributed by atoms with Gasteiger partial charge in [0.2, 0.25) is 0 Å². The molecule has 1 radical (unpaired) electrons. The van der Waals surface area contributed by atoms with Gasteiger partial charge in [-0.3, -0.25) is 0 Å². The zero-order valence-electron chi connectivity index (χ0n) is 20.7. The number of allylic oxidation sites excluding steroid dienone is 2. The van der Waals surface area contributed by atoms with Gasteiger partial charge in [0.25, 0.3) is 0 Å². The minimum absolute atomic E-state index is 0. The van der Waals surface area contributed by atoms with E-state index in [2.05, 4.69) is 19.1 Å². The monoisotopic (exact) mass is 610 g/mol. The number of alkyl halides is 2. The molecule has 5 heteroatoms. The largest absolute Gasteiger partial charge is 0.493 e. The first-order chi connectivity index (χ1) is 15.6. The summed E-state index contributed by atoms with van der Waals surface area (Å²) in [5.41, 5.74) is 4.06. The third-order valence-corrected chi connectivity index (χ3v) is 8.07. The van der Waals surface area contributed by atoms with Crippen molar-refractivity contribution in [3.05, 3.63) is 69.2 Å². The first kappa shape index (κ1) is 27.9. The Morgan fingerprint density at radius 3 is 2.18 bits per heavy atom. The normalized spacial score (nSPS) is 23.1. The zero-order valence-corrected chi connectivity index (χ0v) is 25.1. The Morgan fingerprint density at radius 1 is 0.971 bits per heavy atom. The van der Waals surface area contributed by atoms with Crippen LogP contribution in [0.4, 0.5) is 8.78 Å². The average molecular weight is 611 g/mol. The maximum Gasteiger partial charge on any atom is 0.416 e. The fraction of sp³-hybridized carbons (Fsp3) is 0.517. The summed E-state index contributed by atoms with van der Waals surface area (Å²) in [5.74, 6) is 2.52. The SMILES string of the molecule is Cc1[c-]cc(OC(F)(F)c2c(C)cc(C3=CCC(C4CCC(C)CC4)CC3)cc2C)cc1Cl.[La]. The van der Waals surface area contributed by atoms with Gasteiger partial charge in [-0.25, -0.2) is 0 Å². The molecule has 0 amide bonds. The predicted octanol–water partition coefficient (Wildman–Crippen LogP) is 9.20. The molecule has 0 saturated heterocycles. The number of benzene rings is 2. The molecular formula is C29H34ClF2LaO-. The van der Waals surface area contributed by atoms with Crippen LogP contribution in [-0.4, -0.2) is 0 Å². The summed E-state index contributed by atoms with van der Waals surface area (Å²) in [6.45, 7) is 7.63. The molecule has 1 saturated carbocycles. The fourth-order valence-corrected chi connectivity index (χ4v) is 5.85. The molecule has 1 fully saturated rings. The summed E-state index contributed by atoms with van der Waals surface area (Å²) < 4.78 is 35.4. The van der Waals surface area contributed by atoms with Gasteiger partial charge < -0.3 is 4.74 Å². The Labute approximate surface area is 236 Å². The van der Waals surface area contributed by atoms with E-state index in [1.54, 1.807) is 20.8 Å². The molecule has 2 aromatic rings. The van der Waals surface area contributed by atoms with E-state index in [9.17, 15) is 0 Å². The summed E-state index contributed by atoms with van der Waals surface area (Å²) in [6.07, 6.45) is 7.69. The summed E-state index contributed by atoms with van der Waals surface area (Å²) in [5, 5.41) is 0.359. The smallest absolute Gasteiger partial charge is 0.416 e. The molecule has 2 aliphatic carbocycles. The van der Waals surface area contributed by atoms with Crippen molar-refractivity contribution in [1.82, 2.24) is 0 Å². The number of aryl methyl sites for hydroxylation is 3. The van der Waals surface area contributed by atoms with E-state index in [4.69, 9.17) is 16.3 Å². The van der Waals surface area contributed by atoms with Gasteiger partial charge in [-0.1, -0.05) is 49.9 Å².